The molecule has 0 saturated carbocycles. The van der Waals surface area contributed by atoms with E-state index in [2.05, 4.69) is 20.6 Å². The molecule has 3 heterocycles. The molecule has 0 saturated heterocycles. The van der Waals surface area contributed by atoms with Crippen LogP contribution in [-0.4, -0.2) is 26.4 Å². The Morgan fingerprint density at radius 3 is 2.96 bits per heavy atom. The molecule has 0 amide bonds. The van der Waals surface area contributed by atoms with Crippen LogP contribution >= 0.6 is 0 Å². The molecule has 1 aliphatic rings. The maximum Gasteiger partial charge on any atom is 0.237 e. The molecular weight excluding hydrogens is 309 g/mol. The van der Waals surface area contributed by atoms with Gasteiger partial charge in [-0.3, -0.25) is 0 Å². The van der Waals surface area contributed by atoms with Crippen molar-refractivity contribution in [2.75, 3.05) is 6.54 Å². The molecule has 120 valence electrons. The van der Waals surface area contributed by atoms with Crippen molar-refractivity contribution in [1.82, 2.24) is 25.1 Å². The second-order valence-corrected chi connectivity index (χ2v) is 5.36. The molecule has 0 bridgehead atoms. The predicted molar refractivity (Wildman–Crippen MR) is 87.1 cm³/mol. The van der Waals surface area contributed by atoms with Crippen LogP contribution in [-0.2, 0) is 0 Å². The molecule has 0 aliphatic carbocycles. The minimum Gasteiger partial charge on any atom is -0.437 e. The number of nitrogens with one attached hydrogen (secondary N) is 1. The zero-order chi connectivity index (χ0) is 16.5. The van der Waals surface area contributed by atoms with Gasteiger partial charge in [-0.15, -0.1) is 15.3 Å². The second-order valence-electron chi connectivity index (χ2n) is 5.36. The first-order valence-electron chi connectivity index (χ1n) is 7.47. The fourth-order valence-electron chi connectivity index (χ4n) is 2.53. The molecule has 1 aromatic carbocycles. The van der Waals surface area contributed by atoms with Gasteiger partial charge in [0.05, 0.1) is 0 Å². The Labute approximate surface area is 137 Å². The summed E-state index contributed by atoms with van der Waals surface area (Å²) in [5.41, 5.74) is 2.27. The first-order chi connectivity index (χ1) is 11.7. The van der Waals surface area contributed by atoms with E-state index < -0.39 is 0 Å². The molecule has 0 fully saturated rings. The van der Waals surface area contributed by atoms with Crippen molar-refractivity contribution in [3.05, 3.63) is 65.9 Å². The average Bonchev–Trinajstić information content (AvgIpc) is 2.98. The standard InChI is InChI=1S/C17H14FN5O/c1-11-20-21-16-6-7-17(22-23(11)16)24-15-5-4-13(18)9-14(15)12-3-2-8-19-10-12/h2-9,19H,10H2,1H3. The lowest BCUT2D eigenvalue weighted by Crippen LogP contribution is -2.12. The van der Waals surface area contributed by atoms with E-state index in [1.807, 2.05) is 25.3 Å². The summed E-state index contributed by atoms with van der Waals surface area (Å²) in [5, 5.41) is 15.4. The van der Waals surface area contributed by atoms with Crippen molar-refractivity contribution in [2.45, 2.75) is 6.92 Å². The van der Waals surface area contributed by atoms with Gasteiger partial charge in [-0.05, 0) is 49.0 Å². The molecule has 2 aromatic heterocycles. The Bertz CT molecular complexity index is 976. The summed E-state index contributed by atoms with van der Waals surface area (Å²) in [5.74, 6) is 1.28. The van der Waals surface area contributed by atoms with Gasteiger partial charge < -0.3 is 10.1 Å². The van der Waals surface area contributed by atoms with Crippen LogP contribution in [0.4, 0.5) is 4.39 Å². The zero-order valence-electron chi connectivity index (χ0n) is 12.9. The molecule has 6 nitrogen and oxygen atoms in total. The minimum atomic E-state index is -0.314. The number of aryl methyl sites for hydroxylation is 1. The smallest absolute Gasteiger partial charge is 0.237 e. The Morgan fingerprint density at radius 1 is 1.21 bits per heavy atom. The van der Waals surface area contributed by atoms with Crippen LogP contribution in [0.15, 0.2) is 48.7 Å². The lowest BCUT2D eigenvalue weighted by atomic mass is 10.0. The highest BCUT2D eigenvalue weighted by Crippen LogP contribution is 2.31. The third kappa shape index (κ3) is 2.60. The highest BCUT2D eigenvalue weighted by Gasteiger charge is 2.13. The number of benzene rings is 1. The van der Waals surface area contributed by atoms with E-state index in [0.717, 1.165) is 5.57 Å². The largest absolute Gasteiger partial charge is 0.437 e. The molecule has 3 aromatic rings. The molecule has 24 heavy (non-hydrogen) atoms. The summed E-state index contributed by atoms with van der Waals surface area (Å²) < 4.78 is 21.2. The van der Waals surface area contributed by atoms with Crippen molar-refractivity contribution in [3.63, 3.8) is 0 Å². The van der Waals surface area contributed by atoms with Gasteiger partial charge in [0, 0.05) is 18.2 Å². The van der Waals surface area contributed by atoms with E-state index in [1.165, 1.54) is 12.1 Å². The number of allylic oxidation sites excluding steroid dienone is 2. The average molecular weight is 323 g/mol. The minimum absolute atomic E-state index is 0.314. The summed E-state index contributed by atoms with van der Waals surface area (Å²) in [7, 11) is 0. The van der Waals surface area contributed by atoms with Crippen LogP contribution in [0.25, 0.3) is 11.2 Å². The molecule has 1 aliphatic heterocycles. The van der Waals surface area contributed by atoms with Crippen LogP contribution in [0.5, 0.6) is 11.6 Å². The second kappa shape index (κ2) is 5.77. The van der Waals surface area contributed by atoms with Crippen molar-refractivity contribution in [2.24, 2.45) is 0 Å². The third-order valence-electron chi connectivity index (χ3n) is 3.70. The SMILES string of the molecule is Cc1nnc2ccc(Oc3ccc(F)cc3C3=CC=CNC3)nn12. The summed E-state index contributed by atoms with van der Waals surface area (Å²) in [4.78, 5) is 0. The number of rotatable bonds is 3. The summed E-state index contributed by atoms with van der Waals surface area (Å²) in [6.45, 7) is 2.41. The van der Waals surface area contributed by atoms with Gasteiger partial charge in [-0.1, -0.05) is 6.08 Å². The maximum absolute atomic E-state index is 13.7. The monoisotopic (exact) mass is 323 g/mol. The quantitative estimate of drug-likeness (QED) is 0.803. The van der Waals surface area contributed by atoms with E-state index >= 15 is 0 Å². The molecule has 1 N–H and O–H groups in total. The Balaban J connectivity index is 1.74. The number of hydrogen-bond acceptors (Lipinski definition) is 5. The van der Waals surface area contributed by atoms with Gasteiger partial charge in [0.1, 0.15) is 11.6 Å². The van der Waals surface area contributed by atoms with E-state index in [4.69, 9.17) is 4.74 Å². The van der Waals surface area contributed by atoms with Gasteiger partial charge in [-0.25, -0.2) is 4.39 Å². The molecular formula is C17H14FN5O. The Hall–Kier alpha value is -3.22. The summed E-state index contributed by atoms with van der Waals surface area (Å²) in [6.07, 6.45) is 5.64. The van der Waals surface area contributed by atoms with Crippen molar-refractivity contribution in [3.8, 4) is 11.6 Å². The number of nitrogens with zero attached hydrogens (tertiary/aromatic N) is 4. The van der Waals surface area contributed by atoms with Gasteiger partial charge in [0.25, 0.3) is 0 Å². The van der Waals surface area contributed by atoms with E-state index in [9.17, 15) is 4.39 Å². The lowest BCUT2D eigenvalue weighted by Gasteiger charge is -2.15. The molecule has 7 heteroatoms. The van der Waals surface area contributed by atoms with Crippen LogP contribution in [0.2, 0.25) is 0 Å². The van der Waals surface area contributed by atoms with E-state index in [-0.39, 0.29) is 5.82 Å². The van der Waals surface area contributed by atoms with Gasteiger partial charge in [0.15, 0.2) is 11.5 Å². The van der Waals surface area contributed by atoms with Crippen molar-refractivity contribution in [1.29, 1.82) is 0 Å². The predicted octanol–water partition coefficient (Wildman–Crippen LogP) is 2.86. The van der Waals surface area contributed by atoms with Crippen LogP contribution in [0.3, 0.4) is 0 Å². The number of halogens is 1. The highest BCUT2D eigenvalue weighted by atomic mass is 19.1. The van der Waals surface area contributed by atoms with Crippen molar-refractivity contribution >= 4 is 11.2 Å². The summed E-state index contributed by atoms with van der Waals surface area (Å²) in [6, 6.07) is 7.92. The fourth-order valence-corrected chi connectivity index (χ4v) is 2.53. The Morgan fingerprint density at radius 2 is 2.12 bits per heavy atom. The van der Waals surface area contributed by atoms with Crippen LogP contribution < -0.4 is 10.1 Å². The Kier molecular flexibility index (Phi) is 3.45. The molecule has 4 rings (SSSR count). The number of fused-ring (bicyclic) bond motifs is 1. The first kappa shape index (κ1) is 14.4. The normalized spacial score (nSPS) is 13.7. The zero-order valence-corrected chi connectivity index (χ0v) is 12.9. The van der Waals surface area contributed by atoms with Crippen LogP contribution in [0, 0.1) is 12.7 Å². The molecule has 0 radical (unpaired) electrons. The maximum atomic E-state index is 13.7. The van der Waals surface area contributed by atoms with Crippen LogP contribution in [0.1, 0.15) is 11.4 Å². The number of aromatic nitrogens is 4. The molecule has 0 unspecified atom stereocenters. The highest BCUT2D eigenvalue weighted by molar-refractivity contribution is 5.74. The topological polar surface area (TPSA) is 64.3 Å². The number of dihydropyridines is 1. The van der Waals surface area contributed by atoms with Gasteiger partial charge in [0.2, 0.25) is 5.88 Å². The molecule has 0 atom stereocenters. The third-order valence-corrected chi connectivity index (χ3v) is 3.70. The first-order valence-corrected chi connectivity index (χ1v) is 7.47. The number of ether oxygens (including phenoxy) is 1. The number of hydrogen-bond donors (Lipinski definition) is 1. The summed E-state index contributed by atoms with van der Waals surface area (Å²) >= 11 is 0. The fraction of sp³-hybridized carbons (Fsp3) is 0.118. The lowest BCUT2D eigenvalue weighted by molar-refractivity contribution is 0.448. The van der Waals surface area contributed by atoms with E-state index in [0.29, 0.717) is 35.2 Å². The van der Waals surface area contributed by atoms with Crippen molar-refractivity contribution < 1.29 is 9.13 Å². The molecule has 0 spiro atoms. The van der Waals surface area contributed by atoms with E-state index in [1.54, 1.807) is 22.7 Å². The van der Waals surface area contributed by atoms with Gasteiger partial charge in [-0.2, -0.15) is 4.52 Å². The van der Waals surface area contributed by atoms with Gasteiger partial charge >= 0.3 is 0 Å².